The Bertz CT molecular complexity index is 728. The van der Waals surface area contributed by atoms with E-state index >= 15 is 0 Å². The van der Waals surface area contributed by atoms with Crippen LogP contribution >= 0.6 is 11.3 Å². The Morgan fingerprint density at radius 3 is 2.83 bits per heavy atom. The monoisotopic (exact) mass is 343 g/mol. The highest BCUT2D eigenvalue weighted by atomic mass is 32.1. The van der Waals surface area contributed by atoms with Crippen LogP contribution in [0.25, 0.3) is 0 Å². The third-order valence-electron chi connectivity index (χ3n) is 4.28. The molecule has 2 heterocycles. The van der Waals surface area contributed by atoms with Crippen molar-refractivity contribution in [2.24, 2.45) is 0 Å². The first-order chi connectivity index (χ1) is 11.6. The SMILES string of the molecule is CN(C)[C@@H](CNC(=O)[C@H]1CC(=O)Nc2ccccc21)c1cccs1. The quantitative estimate of drug-likeness (QED) is 0.877. The summed E-state index contributed by atoms with van der Waals surface area (Å²) in [7, 11) is 4.00. The van der Waals surface area contributed by atoms with Gasteiger partial charge in [-0.3, -0.25) is 9.59 Å². The van der Waals surface area contributed by atoms with Gasteiger partial charge in [0, 0.05) is 23.5 Å². The molecule has 3 rings (SSSR count). The first-order valence-electron chi connectivity index (χ1n) is 7.92. The van der Waals surface area contributed by atoms with Gasteiger partial charge in [-0.2, -0.15) is 0 Å². The second-order valence-corrected chi connectivity index (χ2v) is 7.11. The van der Waals surface area contributed by atoms with Crippen LogP contribution in [0, 0.1) is 0 Å². The summed E-state index contributed by atoms with van der Waals surface area (Å²) >= 11 is 1.68. The van der Waals surface area contributed by atoms with Gasteiger partial charge in [-0.15, -0.1) is 11.3 Å². The van der Waals surface area contributed by atoms with Crippen molar-refractivity contribution in [1.82, 2.24) is 10.2 Å². The van der Waals surface area contributed by atoms with Gasteiger partial charge >= 0.3 is 0 Å². The zero-order chi connectivity index (χ0) is 17.1. The van der Waals surface area contributed by atoms with Crippen LogP contribution in [-0.2, 0) is 9.59 Å². The first-order valence-corrected chi connectivity index (χ1v) is 8.80. The van der Waals surface area contributed by atoms with Crippen molar-refractivity contribution in [3.63, 3.8) is 0 Å². The highest BCUT2D eigenvalue weighted by molar-refractivity contribution is 7.10. The molecule has 6 heteroatoms. The number of para-hydroxylation sites is 1. The molecule has 126 valence electrons. The molecular formula is C18H21N3O2S. The van der Waals surface area contributed by atoms with Crippen molar-refractivity contribution in [2.45, 2.75) is 18.4 Å². The lowest BCUT2D eigenvalue weighted by Crippen LogP contribution is -2.39. The molecule has 1 aromatic carbocycles. The molecule has 1 aliphatic heterocycles. The number of carbonyl (C=O) groups excluding carboxylic acids is 2. The normalized spacial score (nSPS) is 18.0. The van der Waals surface area contributed by atoms with Gasteiger partial charge in [0.15, 0.2) is 0 Å². The van der Waals surface area contributed by atoms with Crippen LogP contribution in [0.15, 0.2) is 41.8 Å². The van der Waals surface area contributed by atoms with Gasteiger partial charge in [0.25, 0.3) is 0 Å². The minimum absolute atomic E-state index is 0.0966. The van der Waals surface area contributed by atoms with E-state index in [2.05, 4.69) is 21.6 Å². The average Bonchev–Trinajstić information content (AvgIpc) is 3.07. The molecule has 0 bridgehead atoms. The van der Waals surface area contributed by atoms with Crippen LogP contribution in [0.2, 0.25) is 0 Å². The lowest BCUT2D eigenvalue weighted by atomic mass is 9.90. The molecule has 0 radical (unpaired) electrons. The van der Waals surface area contributed by atoms with Crippen molar-refractivity contribution >= 4 is 28.8 Å². The topological polar surface area (TPSA) is 61.4 Å². The Labute approximate surface area is 145 Å². The highest BCUT2D eigenvalue weighted by Crippen LogP contribution is 2.32. The number of carbonyl (C=O) groups is 2. The smallest absolute Gasteiger partial charge is 0.228 e. The number of fused-ring (bicyclic) bond motifs is 1. The molecule has 2 atom stereocenters. The largest absolute Gasteiger partial charge is 0.354 e. The third-order valence-corrected chi connectivity index (χ3v) is 5.25. The predicted molar refractivity (Wildman–Crippen MR) is 96.2 cm³/mol. The number of hydrogen-bond donors (Lipinski definition) is 2. The number of amides is 2. The molecule has 24 heavy (non-hydrogen) atoms. The number of anilines is 1. The Morgan fingerprint density at radius 2 is 2.12 bits per heavy atom. The Kier molecular flexibility index (Phi) is 4.97. The molecule has 2 amide bonds. The number of hydrogen-bond acceptors (Lipinski definition) is 4. The number of likely N-dealkylation sites (N-methyl/N-ethyl adjacent to an activating group) is 1. The predicted octanol–water partition coefficient (Wildman–Crippen LogP) is 2.59. The summed E-state index contributed by atoms with van der Waals surface area (Å²) in [6.45, 7) is 0.520. The Hall–Kier alpha value is -2.18. The van der Waals surface area contributed by atoms with Crippen LogP contribution in [0.4, 0.5) is 5.69 Å². The van der Waals surface area contributed by atoms with E-state index in [1.54, 1.807) is 11.3 Å². The van der Waals surface area contributed by atoms with Gasteiger partial charge in [-0.25, -0.2) is 0 Å². The van der Waals surface area contributed by atoms with E-state index < -0.39 is 5.92 Å². The molecule has 0 fully saturated rings. The van der Waals surface area contributed by atoms with E-state index in [1.165, 1.54) is 4.88 Å². The van der Waals surface area contributed by atoms with Crippen LogP contribution in [-0.4, -0.2) is 37.4 Å². The Morgan fingerprint density at radius 1 is 1.33 bits per heavy atom. The molecule has 0 saturated carbocycles. The second-order valence-electron chi connectivity index (χ2n) is 6.13. The zero-order valence-electron chi connectivity index (χ0n) is 13.8. The summed E-state index contributed by atoms with van der Waals surface area (Å²) in [5.41, 5.74) is 1.61. The maximum atomic E-state index is 12.7. The molecule has 5 nitrogen and oxygen atoms in total. The van der Waals surface area contributed by atoms with E-state index in [-0.39, 0.29) is 24.3 Å². The van der Waals surface area contributed by atoms with Gasteiger partial charge in [-0.05, 0) is 37.2 Å². The number of benzene rings is 1. The van der Waals surface area contributed by atoms with E-state index in [0.717, 1.165) is 11.3 Å². The molecule has 2 aromatic rings. The van der Waals surface area contributed by atoms with Crippen molar-refractivity contribution in [1.29, 1.82) is 0 Å². The average molecular weight is 343 g/mol. The van der Waals surface area contributed by atoms with Crippen LogP contribution in [0.1, 0.15) is 28.8 Å². The first kappa shape index (κ1) is 16.7. The molecule has 1 aromatic heterocycles. The van der Waals surface area contributed by atoms with E-state index in [0.29, 0.717) is 6.54 Å². The van der Waals surface area contributed by atoms with Crippen molar-refractivity contribution in [2.75, 3.05) is 26.0 Å². The maximum Gasteiger partial charge on any atom is 0.228 e. The zero-order valence-corrected chi connectivity index (χ0v) is 14.6. The number of thiophene rings is 1. The summed E-state index contributed by atoms with van der Waals surface area (Å²) in [6.07, 6.45) is 0.189. The molecule has 2 N–H and O–H groups in total. The maximum absolute atomic E-state index is 12.7. The third kappa shape index (κ3) is 3.49. The van der Waals surface area contributed by atoms with Gasteiger partial charge < -0.3 is 15.5 Å². The summed E-state index contributed by atoms with van der Waals surface area (Å²) in [5.74, 6) is -0.641. The van der Waals surface area contributed by atoms with Crippen LogP contribution in [0.5, 0.6) is 0 Å². The Balaban J connectivity index is 1.72. The van der Waals surface area contributed by atoms with E-state index in [9.17, 15) is 9.59 Å². The van der Waals surface area contributed by atoms with Crippen molar-refractivity contribution in [3.8, 4) is 0 Å². The minimum Gasteiger partial charge on any atom is -0.354 e. The summed E-state index contributed by atoms with van der Waals surface area (Å²) < 4.78 is 0. The fourth-order valence-corrected chi connectivity index (χ4v) is 3.91. The lowest BCUT2D eigenvalue weighted by Gasteiger charge is -2.27. The van der Waals surface area contributed by atoms with Crippen LogP contribution < -0.4 is 10.6 Å². The highest BCUT2D eigenvalue weighted by Gasteiger charge is 2.30. The van der Waals surface area contributed by atoms with E-state index in [1.807, 2.05) is 49.8 Å². The minimum atomic E-state index is -0.430. The van der Waals surface area contributed by atoms with E-state index in [4.69, 9.17) is 0 Å². The summed E-state index contributed by atoms with van der Waals surface area (Å²) in [6, 6.07) is 11.7. The van der Waals surface area contributed by atoms with Crippen LogP contribution in [0.3, 0.4) is 0 Å². The standard InChI is InChI=1S/C18H21N3O2S/c1-21(2)15(16-8-5-9-24-16)11-19-18(23)13-10-17(22)20-14-7-4-3-6-12(13)14/h3-9,13,15H,10-11H2,1-2H3,(H,19,23)(H,20,22)/t13-,15-/m0/s1. The van der Waals surface area contributed by atoms with Gasteiger partial charge in [-0.1, -0.05) is 24.3 Å². The fourth-order valence-electron chi connectivity index (χ4n) is 2.98. The van der Waals surface area contributed by atoms with Crippen molar-refractivity contribution < 1.29 is 9.59 Å². The van der Waals surface area contributed by atoms with Gasteiger partial charge in [0.05, 0.1) is 12.0 Å². The summed E-state index contributed by atoms with van der Waals surface area (Å²) in [5, 5.41) is 7.89. The number of nitrogens with zero attached hydrogens (tertiary/aromatic N) is 1. The van der Waals surface area contributed by atoms with Gasteiger partial charge in [0.1, 0.15) is 0 Å². The second kappa shape index (κ2) is 7.15. The molecule has 0 unspecified atom stereocenters. The lowest BCUT2D eigenvalue weighted by molar-refractivity contribution is -0.126. The molecule has 1 aliphatic rings. The molecule has 0 spiro atoms. The number of nitrogens with one attached hydrogen (secondary N) is 2. The molecular weight excluding hydrogens is 322 g/mol. The van der Waals surface area contributed by atoms with Gasteiger partial charge in [0.2, 0.25) is 11.8 Å². The molecule has 0 aliphatic carbocycles. The summed E-state index contributed by atoms with van der Waals surface area (Å²) in [4.78, 5) is 27.9. The molecule has 0 saturated heterocycles. The van der Waals surface area contributed by atoms with Crippen molar-refractivity contribution in [3.05, 3.63) is 52.2 Å². The number of rotatable bonds is 5. The fraction of sp³-hybridized carbons (Fsp3) is 0.333.